The normalized spacial score (nSPS) is 20.8. The molecule has 0 aromatic carbocycles. The Balaban J connectivity index is 2.23. The average Bonchev–Trinajstić information content (AvgIpc) is 2.50. The van der Waals surface area contributed by atoms with Gasteiger partial charge in [-0.2, -0.15) is 0 Å². The topological polar surface area (TPSA) is 75.4 Å². The zero-order valence-electron chi connectivity index (χ0n) is 9.16. The van der Waals surface area contributed by atoms with Crippen LogP contribution in [0.1, 0.15) is 25.7 Å². The molecule has 1 atom stereocenters. The van der Waals surface area contributed by atoms with Crippen LogP contribution < -0.4 is 11.1 Å². The summed E-state index contributed by atoms with van der Waals surface area (Å²) < 4.78 is 0. The number of nitrogens with zero attached hydrogens (tertiary/aromatic N) is 1. The maximum absolute atomic E-state index is 11.5. The predicted octanol–water partition coefficient (Wildman–Crippen LogP) is -0.538. The number of carbonyl (C=O) groups is 2. The Labute approximate surface area is 90.0 Å². The number of unbranched alkanes of at least 4 members (excludes halogenated alkanes) is 1. The maximum Gasteiger partial charge on any atom is 0.244 e. The summed E-state index contributed by atoms with van der Waals surface area (Å²) in [4.78, 5) is 24.5. The van der Waals surface area contributed by atoms with Gasteiger partial charge in [0, 0.05) is 20.0 Å². The summed E-state index contributed by atoms with van der Waals surface area (Å²) in [5.74, 6) is -0.0284. The molecule has 1 heterocycles. The van der Waals surface area contributed by atoms with Crippen LogP contribution in [0, 0.1) is 0 Å². The fourth-order valence-electron chi connectivity index (χ4n) is 1.65. The number of carbonyl (C=O) groups excluding carboxylic acids is 2. The Morgan fingerprint density at radius 2 is 2.33 bits per heavy atom. The molecule has 1 fully saturated rings. The van der Waals surface area contributed by atoms with E-state index in [0.717, 1.165) is 25.8 Å². The SMILES string of the molecule is CN1CCC(NC(=O)CCCCN)C1=O. The first-order valence-corrected chi connectivity index (χ1v) is 5.39. The molecule has 0 bridgehead atoms. The van der Waals surface area contributed by atoms with Crippen molar-refractivity contribution in [3.05, 3.63) is 0 Å². The van der Waals surface area contributed by atoms with Crippen molar-refractivity contribution in [2.75, 3.05) is 20.1 Å². The zero-order chi connectivity index (χ0) is 11.3. The number of amides is 2. The third-order valence-electron chi connectivity index (χ3n) is 2.62. The molecule has 0 aromatic rings. The quantitative estimate of drug-likeness (QED) is 0.602. The zero-order valence-corrected chi connectivity index (χ0v) is 9.16. The van der Waals surface area contributed by atoms with Crippen LogP contribution in [-0.2, 0) is 9.59 Å². The summed E-state index contributed by atoms with van der Waals surface area (Å²) >= 11 is 0. The van der Waals surface area contributed by atoms with Crippen LogP contribution in [0.25, 0.3) is 0 Å². The summed E-state index contributed by atoms with van der Waals surface area (Å²) in [6.45, 7) is 1.34. The third-order valence-corrected chi connectivity index (χ3v) is 2.62. The van der Waals surface area contributed by atoms with Gasteiger partial charge in [0.2, 0.25) is 11.8 Å². The number of hydrogen-bond acceptors (Lipinski definition) is 3. The maximum atomic E-state index is 11.5. The van der Waals surface area contributed by atoms with Gasteiger partial charge in [0.25, 0.3) is 0 Å². The summed E-state index contributed by atoms with van der Waals surface area (Å²) in [7, 11) is 1.75. The van der Waals surface area contributed by atoms with E-state index in [2.05, 4.69) is 5.32 Å². The lowest BCUT2D eigenvalue weighted by Gasteiger charge is -2.11. The molecular weight excluding hydrogens is 194 g/mol. The van der Waals surface area contributed by atoms with Crippen LogP contribution in [0.2, 0.25) is 0 Å². The van der Waals surface area contributed by atoms with Gasteiger partial charge in [-0.3, -0.25) is 9.59 Å². The first-order chi connectivity index (χ1) is 7.15. The first-order valence-electron chi connectivity index (χ1n) is 5.39. The standard InChI is InChI=1S/C10H19N3O2/c1-13-7-5-8(10(13)15)12-9(14)4-2-3-6-11/h8H,2-7,11H2,1H3,(H,12,14). The number of hydrogen-bond donors (Lipinski definition) is 2. The van der Waals surface area contributed by atoms with Crippen LogP contribution in [0.3, 0.4) is 0 Å². The highest BCUT2D eigenvalue weighted by molar-refractivity contribution is 5.88. The number of nitrogens with two attached hydrogens (primary N) is 1. The van der Waals surface area contributed by atoms with Crippen molar-refractivity contribution >= 4 is 11.8 Å². The fraction of sp³-hybridized carbons (Fsp3) is 0.800. The largest absolute Gasteiger partial charge is 0.344 e. The highest BCUT2D eigenvalue weighted by Crippen LogP contribution is 2.08. The number of likely N-dealkylation sites (N-methyl/N-ethyl adjacent to an activating group) is 1. The van der Waals surface area contributed by atoms with Crippen LogP contribution in [0.5, 0.6) is 0 Å². The molecule has 0 spiro atoms. The molecule has 1 aliphatic rings. The molecule has 15 heavy (non-hydrogen) atoms. The molecular formula is C10H19N3O2. The van der Waals surface area contributed by atoms with E-state index in [1.165, 1.54) is 0 Å². The summed E-state index contributed by atoms with van der Waals surface area (Å²) in [5, 5.41) is 2.75. The highest BCUT2D eigenvalue weighted by Gasteiger charge is 2.29. The molecule has 3 N–H and O–H groups in total. The second-order valence-corrected chi connectivity index (χ2v) is 3.91. The Bertz CT molecular complexity index is 243. The molecule has 0 aromatic heterocycles. The minimum atomic E-state index is -0.305. The molecule has 0 saturated carbocycles. The fourth-order valence-corrected chi connectivity index (χ4v) is 1.65. The monoisotopic (exact) mass is 213 g/mol. The van der Waals surface area contributed by atoms with Crippen LogP contribution in [0.4, 0.5) is 0 Å². The van der Waals surface area contributed by atoms with E-state index in [4.69, 9.17) is 5.73 Å². The molecule has 2 amide bonds. The molecule has 86 valence electrons. The minimum absolute atomic E-state index is 0.0159. The van der Waals surface area contributed by atoms with Gasteiger partial charge in [-0.05, 0) is 25.8 Å². The Kier molecular flexibility index (Phi) is 4.55. The van der Waals surface area contributed by atoms with E-state index in [1.54, 1.807) is 11.9 Å². The Morgan fingerprint density at radius 3 is 2.87 bits per heavy atom. The van der Waals surface area contributed by atoms with Crippen molar-refractivity contribution in [1.82, 2.24) is 10.2 Å². The average molecular weight is 213 g/mol. The number of likely N-dealkylation sites (tertiary alicyclic amines) is 1. The van der Waals surface area contributed by atoms with Crippen molar-refractivity contribution in [2.24, 2.45) is 5.73 Å². The van der Waals surface area contributed by atoms with Crippen molar-refractivity contribution in [3.8, 4) is 0 Å². The van der Waals surface area contributed by atoms with Crippen LogP contribution in [0.15, 0.2) is 0 Å². The molecule has 5 heteroatoms. The molecule has 1 unspecified atom stereocenters. The second-order valence-electron chi connectivity index (χ2n) is 3.91. The van der Waals surface area contributed by atoms with E-state index in [0.29, 0.717) is 13.0 Å². The molecule has 1 aliphatic heterocycles. The summed E-state index contributed by atoms with van der Waals surface area (Å²) in [6, 6.07) is -0.305. The van der Waals surface area contributed by atoms with E-state index in [-0.39, 0.29) is 17.9 Å². The third kappa shape index (κ3) is 3.51. The second kappa shape index (κ2) is 5.70. The van der Waals surface area contributed by atoms with Gasteiger partial charge in [0.1, 0.15) is 6.04 Å². The van der Waals surface area contributed by atoms with Gasteiger partial charge in [0.05, 0.1) is 0 Å². The van der Waals surface area contributed by atoms with Crippen LogP contribution in [-0.4, -0.2) is 42.9 Å². The molecule has 1 rings (SSSR count). The lowest BCUT2D eigenvalue weighted by atomic mass is 10.2. The minimum Gasteiger partial charge on any atom is -0.344 e. The molecule has 0 radical (unpaired) electrons. The first kappa shape index (κ1) is 12.0. The van der Waals surface area contributed by atoms with Gasteiger partial charge in [-0.15, -0.1) is 0 Å². The van der Waals surface area contributed by atoms with Gasteiger partial charge >= 0.3 is 0 Å². The Morgan fingerprint density at radius 1 is 1.60 bits per heavy atom. The lowest BCUT2D eigenvalue weighted by Crippen LogP contribution is -2.40. The van der Waals surface area contributed by atoms with Crippen molar-refractivity contribution in [1.29, 1.82) is 0 Å². The highest BCUT2D eigenvalue weighted by atomic mass is 16.2. The van der Waals surface area contributed by atoms with Gasteiger partial charge in [-0.1, -0.05) is 0 Å². The predicted molar refractivity (Wildman–Crippen MR) is 57.1 cm³/mol. The van der Waals surface area contributed by atoms with Crippen LogP contribution >= 0.6 is 0 Å². The molecule has 0 aliphatic carbocycles. The number of nitrogens with one attached hydrogen (secondary N) is 1. The van der Waals surface area contributed by atoms with Crippen molar-refractivity contribution in [3.63, 3.8) is 0 Å². The van der Waals surface area contributed by atoms with Gasteiger partial charge in [-0.25, -0.2) is 0 Å². The van der Waals surface area contributed by atoms with E-state index in [9.17, 15) is 9.59 Å². The summed E-state index contributed by atoms with van der Waals surface area (Å²) in [5.41, 5.74) is 5.33. The van der Waals surface area contributed by atoms with Gasteiger partial charge < -0.3 is 16.0 Å². The number of rotatable bonds is 5. The lowest BCUT2D eigenvalue weighted by molar-refractivity contribution is -0.131. The van der Waals surface area contributed by atoms with Crippen molar-refractivity contribution < 1.29 is 9.59 Å². The van der Waals surface area contributed by atoms with Gasteiger partial charge in [0.15, 0.2) is 0 Å². The summed E-state index contributed by atoms with van der Waals surface area (Å²) in [6.07, 6.45) is 2.83. The Hall–Kier alpha value is -1.10. The molecule has 5 nitrogen and oxygen atoms in total. The van der Waals surface area contributed by atoms with E-state index < -0.39 is 0 Å². The van der Waals surface area contributed by atoms with E-state index >= 15 is 0 Å². The smallest absolute Gasteiger partial charge is 0.244 e. The molecule has 1 saturated heterocycles. The van der Waals surface area contributed by atoms with Crippen molar-refractivity contribution in [2.45, 2.75) is 31.7 Å². The van der Waals surface area contributed by atoms with E-state index in [1.807, 2.05) is 0 Å².